The molecule has 2 atom stereocenters. The summed E-state index contributed by atoms with van der Waals surface area (Å²) in [4.78, 5) is 16.8. The Hall–Kier alpha value is -2.64. The second kappa shape index (κ2) is 9.24. The summed E-state index contributed by atoms with van der Waals surface area (Å²) in [6.45, 7) is 4.51. The van der Waals surface area contributed by atoms with Gasteiger partial charge < -0.3 is 24.6 Å². The van der Waals surface area contributed by atoms with Gasteiger partial charge in [-0.25, -0.2) is 4.39 Å². The van der Waals surface area contributed by atoms with Crippen LogP contribution in [0.25, 0.3) is 0 Å². The Bertz CT molecular complexity index is 952. The lowest BCUT2D eigenvalue weighted by Gasteiger charge is -2.29. The maximum Gasteiger partial charge on any atom is 0.258 e. The van der Waals surface area contributed by atoms with E-state index < -0.39 is 0 Å². The van der Waals surface area contributed by atoms with Crippen LogP contribution in [-0.4, -0.2) is 58.5 Å². The molecule has 166 valence electrons. The molecule has 1 N–H and O–H groups in total. The average Bonchev–Trinajstić information content (AvgIpc) is 3.26. The van der Waals surface area contributed by atoms with Crippen molar-refractivity contribution in [3.63, 3.8) is 0 Å². The van der Waals surface area contributed by atoms with E-state index in [0.717, 1.165) is 30.8 Å². The summed E-state index contributed by atoms with van der Waals surface area (Å²) in [6, 6.07) is 11.0. The maximum atomic E-state index is 14.9. The second-order valence-electron chi connectivity index (χ2n) is 8.24. The van der Waals surface area contributed by atoms with Gasteiger partial charge in [-0.2, -0.15) is 0 Å². The van der Waals surface area contributed by atoms with Crippen LogP contribution in [0.4, 0.5) is 15.8 Å². The van der Waals surface area contributed by atoms with Gasteiger partial charge in [-0.3, -0.25) is 4.79 Å². The number of methoxy groups -OCH3 is 1. The third-order valence-electron chi connectivity index (χ3n) is 6.22. The van der Waals surface area contributed by atoms with Gasteiger partial charge in [-0.1, -0.05) is 0 Å². The number of amides is 1. The molecule has 4 rings (SSSR count). The smallest absolute Gasteiger partial charge is 0.258 e. The van der Waals surface area contributed by atoms with Crippen LogP contribution < -0.4 is 19.9 Å². The maximum absolute atomic E-state index is 14.9. The predicted molar refractivity (Wildman–Crippen MR) is 120 cm³/mol. The molecule has 0 radical (unpaired) electrons. The zero-order valence-electron chi connectivity index (χ0n) is 18.4. The standard InChI is InChI=1S/C24H30FN3O3/c1-16(30-3)15-31-20-5-6-21-17(12-20)8-11-28(24(21)29)19-4-7-23(22(25)13-19)27-10-9-18(14-27)26-2/h4-7,12-13,16,18,26H,8-11,14-15H2,1-3H3/t16?,18-/m1/s1. The fraction of sp³-hybridized carbons (Fsp3) is 0.458. The number of anilines is 2. The van der Waals surface area contributed by atoms with E-state index >= 15 is 0 Å². The lowest BCUT2D eigenvalue weighted by molar-refractivity contribution is 0.0716. The Kier molecular flexibility index (Phi) is 6.43. The number of hydrogen-bond donors (Lipinski definition) is 1. The molecule has 2 aromatic carbocycles. The summed E-state index contributed by atoms with van der Waals surface area (Å²) >= 11 is 0. The Morgan fingerprint density at radius 1 is 1.23 bits per heavy atom. The van der Waals surface area contributed by atoms with Crippen LogP contribution in [0.15, 0.2) is 36.4 Å². The number of hydrogen-bond acceptors (Lipinski definition) is 5. The lowest BCUT2D eigenvalue weighted by Crippen LogP contribution is -2.37. The van der Waals surface area contributed by atoms with Crippen molar-refractivity contribution in [2.24, 2.45) is 0 Å². The summed E-state index contributed by atoms with van der Waals surface area (Å²) < 4.78 is 25.9. The molecule has 2 aliphatic heterocycles. The number of fused-ring (bicyclic) bond motifs is 1. The van der Waals surface area contributed by atoms with Gasteiger partial charge >= 0.3 is 0 Å². The van der Waals surface area contributed by atoms with E-state index in [-0.39, 0.29) is 17.8 Å². The van der Waals surface area contributed by atoms with Crippen molar-refractivity contribution >= 4 is 17.3 Å². The van der Waals surface area contributed by atoms with Crippen LogP contribution in [0.1, 0.15) is 29.3 Å². The third-order valence-corrected chi connectivity index (χ3v) is 6.22. The molecule has 6 nitrogen and oxygen atoms in total. The van der Waals surface area contributed by atoms with Crippen molar-refractivity contribution in [2.75, 3.05) is 50.2 Å². The number of ether oxygens (including phenoxy) is 2. The highest BCUT2D eigenvalue weighted by Gasteiger charge is 2.28. The van der Waals surface area contributed by atoms with Gasteiger partial charge in [0.05, 0.1) is 11.8 Å². The molecule has 0 spiro atoms. The minimum absolute atomic E-state index is 0.00398. The molecule has 0 aliphatic carbocycles. The van der Waals surface area contributed by atoms with Crippen molar-refractivity contribution in [3.05, 3.63) is 53.3 Å². The molecule has 0 saturated carbocycles. The molecular weight excluding hydrogens is 397 g/mol. The number of carbonyl (C=O) groups excluding carboxylic acids is 1. The van der Waals surface area contributed by atoms with Crippen LogP contribution >= 0.6 is 0 Å². The molecule has 2 aromatic rings. The highest BCUT2D eigenvalue weighted by atomic mass is 19.1. The molecule has 31 heavy (non-hydrogen) atoms. The number of nitrogens with zero attached hydrogens (tertiary/aromatic N) is 2. The second-order valence-corrected chi connectivity index (χ2v) is 8.24. The summed E-state index contributed by atoms with van der Waals surface area (Å²) in [5.74, 6) is 0.329. The predicted octanol–water partition coefficient (Wildman–Crippen LogP) is 3.24. The Balaban J connectivity index is 1.48. The quantitative estimate of drug-likeness (QED) is 0.735. The van der Waals surface area contributed by atoms with Crippen molar-refractivity contribution in [1.29, 1.82) is 0 Å². The van der Waals surface area contributed by atoms with E-state index in [0.29, 0.717) is 42.6 Å². The first-order chi connectivity index (χ1) is 15.0. The van der Waals surface area contributed by atoms with E-state index in [9.17, 15) is 9.18 Å². The van der Waals surface area contributed by atoms with E-state index in [1.54, 1.807) is 30.2 Å². The Morgan fingerprint density at radius 3 is 2.77 bits per heavy atom. The SMILES string of the molecule is CN[C@@H]1CCN(c2ccc(N3CCc4cc(OCC(C)OC)ccc4C3=O)cc2F)C1. The van der Waals surface area contributed by atoms with E-state index in [2.05, 4.69) is 10.2 Å². The number of benzene rings is 2. The van der Waals surface area contributed by atoms with Crippen LogP contribution in [0, 0.1) is 5.82 Å². The summed E-state index contributed by atoms with van der Waals surface area (Å²) in [5, 5.41) is 3.25. The van der Waals surface area contributed by atoms with Crippen molar-refractivity contribution in [2.45, 2.75) is 31.9 Å². The van der Waals surface area contributed by atoms with E-state index in [1.807, 2.05) is 26.1 Å². The number of rotatable bonds is 7. The van der Waals surface area contributed by atoms with Crippen molar-refractivity contribution in [3.8, 4) is 5.75 Å². The monoisotopic (exact) mass is 427 g/mol. The summed E-state index contributed by atoms with van der Waals surface area (Å²) in [7, 11) is 3.58. The van der Waals surface area contributed by atoms with Gasteiger partial charge in [0.2, 0.25) is 0 Å². The first kappa shape index (κ1) is 21.6. The highest BCUT2D eigenvalue weighted by Crippen LogP contribution is 2.31. The zero-order valence-corrected chi connectivity index (χ0v) is 18.4. The molecular formula is C24H30FN3O3. The zero-order chi connectivity index (χ0) is 22.0. The molecule has 7 heteroatoms. The molecule has 2 heterocycles. The van der Waals surface area contributed by atoms with E-state index in [4.69, 9.17) is 9.47 Å². The fourth-order valence-electron chi connectivity index (χ4n) is 4.22. The largest absolute Gasteiger partial charge is 0.491 e. The number of carbonyl (C=O) groups is 1. The first-order valence-corrected chi connectivity index (χ1v) is 10.8. The molecule has 0 aromatic heterocycles. The third kappa shape index (κ3) is 4.52. The van der Waals surface area contributed by atoms with Crippen LogP contribution in [0.3, 0.4) is 0 Å². The van der Waals surface area contributed by atoms with Crippen LogP contribution in [0.2, 0.25) is 0 Å². The minimum Gasteiger partial charge on any atom is -0.491 e. The van der Waals surface area contributed by atoms with Crippen molar-refractivity contribution in [1.82, 2.24) is 5.32 Å². The van der Waals surface area contributed by atoms with Crippen LogP contribution in [-0.2, 0) is 11.2 Å². The summed E-state index contributed by atoms with van der Waals surface area (Å²) in [6.07, 6.45) is 1.68. The molecule has 1 unspecified atom stereocenters. The molecule has 2 aliphatic rings. The van der Waals surface area contributed by atoms with Gasteiger partial charge in [0.15, 0.2) is 0 Å². The van der Waals surface area contributed by atoms with Gasteiger partial charge in [-0.05, 0) is 68.8 Å². The topological polar surface area (TPSA) is 54.0 Å². The minimum atomic E-state index is -0.288. The molecule has 1 saturated heterocycles. The molecule has 1 fully saturated rings. The Labute approximate surface area is 182 Å². The lowest BCUT2D eigenvalue weighted by atomic mass is 9.98. The fourth-order valence-corrected chi connectivity index (χ4v) is 4.22. The number of nitrogens with one attached hydrogen (secondary N) is 1. The van der Waals surface area contributed by atoms with Crippen molar-refractivity contribution < 1.29 is 18.7 Å². The Morgan fingerprint density at radius 2 is 2.06 bits per heavy atom. The van der Waals surface area contributed by atoms with Gasteiger partial charge in [0.1, 0.15) is 18.2 Å². The van der Waals surface area contributed by atoms with Gasteiger partial charge in [0.25, 0.3) is 5.91 Å². The number of likely N-dealkylation sites (N-methyl/N-ethyl adjacent to an activating group) is 1. The van der Waals surface area contributed by atoms with Crippen LogP contribution in [0.5, 0.6) is 5.75 Å². The average molecular weight is 428 g/mol. The van der Waals surface area contributed by atoms with Gasteiger partial charge in [0, 0.05) is 44.0 Å². The van der Waals surface area contributed by atoms with E-state index in [1.165, 1.54) is 6.07 Å². The first-order valence-electron chi connectivity index (χ1n) is 10.8. The van der Waals surface area contributed by atoms with Gasteiger partial charge in [-0.15, -0.1) is 0 Å². The molecule has 1 amide bonds. The summed E-state index contributed by atoms with van der Waals surface area (Å²) in [5.41, 5.74) is 2.78. The normalized spacial score (nSPS) is 19.5. The number of halogens is 1. The molecule has 0 bridgehead atoms. The highest BCUT2D eigenvalue weighted by molar-refractivity contribution is 6.08.